The van der Waals surface area contributed by atoms with E-state index >= 15 is 0 Å². The summed E-state index contributed by atoms with van der Waals surface area (Å²) in [5.74, 6) is 1.07. The Morgan fingerprint density at radius 3 is 2.50 bits per heavy atom. The fraction of sp³-hybridized carbons (Fsp3) is 0.560. The van der Waals surface area contributed by atoms with Crippen LogP contribution in [-0.4, -0.2) is 45.3 Å². The SMILES string of the molecule is Cc1cc(C(F)(F)F)cc2c1nc(CC1=C(Cl)C(CN3CCC(C(C)O)CC3)CC=C1Cl)n2C. The Morgan fingerprint density at radius 1 is 1.21 bits per heavy atom. The van der Waals surface area contributed by atoms with E-state index in [1.165, 1.54) is 0 Å². The van der Waals surface area contributed by atoms with E-state index in [1.807, 2.05) is 13.0 Å². The van der Waals surface area contributed by atoms with Crippen molar-refractivity contribution in [3.63, 3.8) is 0 Å². The number of fused-ring (bicyclic) bond motifs is 1. The number of halogens is 5. The van der Waals surface area contributed by atoms with Crippen molar-refractivity contribution in [2.45, 2.75) is 51.8 Å². The van der Waals surface area contributed by atoms with Crippen LogP contribution in [0.3, 0.4) is 0 Å². The minimum absolute atomic E-state index is 0.107. The van der Waals surface area contributed by atoms with Crippen molar-refractivity contribution in [2.24, 2.45) is 18.9 Å². The van der Waals surface area contributed by atoms with Crippen molar-refractivity contribution >= 4 is 34.2 Å². The van der Waals surface area contributed by atoms with Crippen LogP contribution < -0.4 is 0 Å². The first-order valence-corrected chi connectivity index (χ1v) is 12.4. The Kier molecular flexibility index (Phi) is 7.40. The Bertz CT molecular complexity index is 1130. The highest BCUT2D eigenvalue weighted by atomic mass is 35.5. The molecule has 1 aromatic carbocycles. The lowest BCUT2D eigenvalue weighted by atomic mass is 9.89. The summed E-state index contributed by atoms with van der Waals surface area (Å²) in [5, 5.41) is 11.1. The Hall–Kier alpha value is -1.54. The summed E-state index contributed by atoms with van der Waals surface area (Å²) >= 11 is 13.4. The van der Waals surface area contributed by atoms with Crippen LogP contribution in [-0.2, 0) is 19.6 Å². The monoisotopic (exact) mass is 515 g/mol. The van der Waals surface area contributed by atoms with Crippen LogP contribution in [0.4, 0.5) is 13.2 Å². The number of rotatable bonds is 5. The van der Waals surface area contributed by atoms with E-state index in [4.69, 9.17) is 23.2 Å². The first kappa shape index (κ1) is 25.5. The molecule has 2 unspecified atom stereocenters. The standard InChI is InChI=1S/C25H30Cl2F3N3O/c1-14-10-18(25(28,29)30)11-21-24(14)31-22(32(21)3)12-19-20(26)5-4-17(23(19)27)13-33-8-6-16(7-9-33)15(2)34/h5,10-11,15-17,34H,4,6-9,12-13H2,1-3H3. The lowest BCUT2D eigenvalue weighted by molar-refractivity contribution is -0.137. The number of imidazole rings is 1. The summed E-state index contributed by atoms with van der Waals surface area (Å²) in [6.07, 6.45) is 0.308. The number of alkyl halides is 3. The van der Waals surface area contributed by atoms with Crippen molar-refractivity contribution < 1.29 is 18.3 Å². The number of allylic oxidation sites excluding steroid dienone is 3. The smallest absolute Gasteiger partial charge is 0.393 e. The van der Waals surface area contributed by atoms with Gasteiger partial charge in [0.05, 0.1) is 22.7 Å². The molecule has 2 heterocycles. The van der Waals surface area contributed by atoms with Crippen LogP contribution in [0.1, 0.15) is 43.1 Å². The number of nitrogens with zero attached hydrogens (tertiary/aromatic N) is 3. The highest BCUT2D eigenvalue weighted by Gasteiger charge is 2.32. The zero-order valence-electron chi connectivity index (χ0n) is 19.6. The van der Waals surface area contributed by atoms with E-state index in [2.05, 4.69) is 9.88 Å². The van der Waals surface area contributed by atoms with Gasteiger partial charge in [0.15, 0.2) is 0 Å². The second kappa shape index (κ2) is 9.84. The molecular formula is C25H30Cl2F3N3O. The van der Waals surface area contributed by atoms with E-state index < -0.39 is 11.7 Å². The van der Waals surface area contributed by atoms with Gasteiger partial charge in [-0.1, -0.05) is 29.3 Å². The van der Waals surface area contributed by atoms with E-state index in [0.29, 0.717) is 44.8 Å². The van der Waals surface area contributed by atoms with Gasteiger partial charge in [-0.3, -0.25) is 0 Å². The number of piperidine rings is 1. The molecular weight excluding hydrogens is 486 g/mol. The molecule has 4 rings (SSSR count). The van der Waals surface area contributed by atoms with Crippen molar-refractivity contribution in [3.8, 4) is 0 Å². The average Bonchev–Trinajstić information content (AvgIpc) is 3.09. The number of likely N-dealkylation sites (tertiary alicyclic amines) is 1. The molecule has 1 saturated heterocycles. The third kappa shape index (κ3) is 5.18. The van der Waals surface area contributed by atoms with Gasteiger partial charge in [-0.05, 0) is 75.4 Å². The molecule has 0 radical (unpaired) electrons. The third-order valence-corrected chi connectivity index (χ3v) is 8.16. The fourth-order valence-corrected chi connectivity index (χ4v) is 5.70. The van der Waals surface area contributed by atoms with Crippen LogP contribution in [0.2, 0.25) is 0 Å². The zero-order valence-corrected chi connectivity index (χ0v) is 21.1. The molecule has 1 aromatic heterocycles. The Balaban J connectivity index is 1.56. The maximum absolute atomic E-state index is 13.3. The van der Waals surface area contributed by atoms with Crippen molar-refractivity contribution in [2.75, 3.05) is 19.6 Å². The molecule has 0 amide bonds. The average molecular weight is 516 g/mol. The first-order chi connectivity index (χ1) is 16.0. The van der Waals surface area contributed by atoms with Crippen LogP contribution >= 0.6 is 23.2 Å². The van der Waals surface area contributed by atoms with Gasteiger partial charge in [-0.2, -0.15) is 13.2 Å². The number of aliphatic hydroxyl groups is 1. The molecule has 1 fully saturated rings. The van der Waals surface area contributed by atoms with Crippen molar-refractivity contribution in [1.82, 2.24) is 14.5 Å². The van der Waals surface area contributed by atoms with E-state index in [-0.39, 0.29) is 12.0 Å². The summed E-state index contributed by atoms with van der Waals surface area (Å²) in [4.78, 5) is 7.03. The summed E-state index contributed by atoms with van der Waals surface area (Å²) in [5.41, 5.74) is 1.57. The van der Waals surface area contributed by atoms with Crippen LogP contribution in [0.25, 0.3) is 11.0 Å². The normalized spacial score (nSPS) is 21.9. The number of hydrogen-bond donors (Lipinski definition) is 1. The van der Waals surface area contributed by atoms with Gasteiger partial charge < -0.3 is 14.6 Å². The second-order valence-corrected chi connectivity index (χ2v) is 10.4. The molecule has 1 aliphatic carbocycles. The molecule has 1 N–H and O–H groups in total. The van der Waals surface area contributed by atoms with Gasteiger partial charge in [-0.25, -0.2) is 4.98 Å². The third-order valence-electron chi connectivity index (χ3n) is 7.24. The van der Waals surface area contributed by atoms with Gasteiger partial charge in [0.2, 0.25) is 0 Å². The molecule has 0 saturated carbocycles. The molecule has 9 heteroatoms. The molecule has 34 heavy (non-hydrogen) atoms. The summed E-state index contributed by atoms with van der Waals surface area (Å²) in [6.45, 7) is 6.16. The predicted octanol–water partition coefficient (Wildman–Crippen LogP) is 6.17. The van der Waals surface area contributed by atoms with Crippen LogP contribution in [0.5, 0.6) is 0 Å². The van der Waals surface area contributed by atoms with E-state index in [9.17, 15) is 18.3 Å². The minimum atomic E-state index is -4.42. The zero-order chi connectivity index (χ0) is 24.8. The quantitative estimate of drug-likeness (QED) is 0.517. The minimum Gasteiger partial charge on any atom is -0.393 e. The second-order valence-electron chi connectivity index (χ2n) is 9.61. The lowest BCUT2D eigenvalue weighted by Gasteiger charge is -2.36. The van der Waals surface area contributed by atoms with Crippen molar-refractivity contribution in [3.05, 3.63) is 50.8 Å². The van der Waals surface area contributed by atoms with Gasteiger partial charge in [0, 0.05) is 36.0 Å². The maximum Gasteiger partial charge on any atom is 0.416 e. The Labute approximate surface area is 208 Å². The van der Waals surface area contributed by atoms with Gasteiger partial charge in [0.25, 0.3) is 0 Å². The molecule has 0 spiro atoms. The number of benzene rings is 1. The molecule has 4 nitrogen and oxygen atoms in total. The Morgan fingerprint density at radius 2 is 1.88 bits per heavy atom. The molecule has 186 valence electrons. The summed E-state index contributed by atoms with van der Waals surface area (Å²) in [6, 6.07) is 2.28. The summed E-state index contributed by atoms with van der Waals surface area (Å²) in [7, 11) is 1.73. The first-order valence-electron chi connectivity index (χ1n) is 11.6. The number of aromatic nitrogens is 2. The molecule has 2 aliphatic rings. The molecule has 2 atom stereocenters. The van der Waals surface area contributed by atoms with Crippen LogP contribution in [0.15, 0.2) is 33.8 Å². The summed E-state index contributed by atoms with van der Waals surface area (Å²) < 4.78 is 41.6. The van der Waals surface area contributed by atoms with Gasteiger partial charge in [0.1, 0.15) is 5.82 Å². The number of aryl methyl sites for hydroxylation is 2. The lowest BCUT2D eigenvalue weighted by Crippen LogP contribution is -2.40. The van der Waals surface area contributed by atoms with Crippen LogP contribution in [0, 0.1) is 18.8 Å². The highest BCUT2D eigenvalue weighted by Crippen LogP contribution is 2.38. The van der Waals surface area contributed by atoms with E-state index in [1.54, 1.807) is 18.5 Å². The van der Waals surface area contributed by atoms with E-state index in [0.717, 1.165) is 56.6 Å². The number of aliphatic hydroxyl groups excluding tert-OH is 1. The van der Waals surface area contributed by atoms with Crippen molar-refractivity contribution in [1.29, 1.82) is 0 Å². The predicted molar refractivity (Wildman–Crippen MR) is 130 cm³/mol. The largest absolute Gasteiger partial charge is 0.416 e. The molecule has 1 aliphatic heterocycles. The maximum atomic E-state index is 13.3. The fourth-order valence-electron chi connectivity index (χ4n) is 5.07. The van der Waals surface area contributed by atoms with Gasteiger partial charge in [-0.15, -0.1) is 0 Å². The molecule has 2 aromatic rings. The number of hydrogen-bond acceptors (Lipinski definition) is 3. The van der Waals surface area contributed by atoms with Gasteiger partial charge >= 0.3 is 6.18 Å². The molecule has 0 bridgehead atoms. The highest BCUT2D eigenvalue weighted by molar-refractivity contribution is 6.36. The topological polar surface area (TPSA) is 41.3 Å².